The lowest BCUT2D eigenvalue weighted by Gasteiger charge is -2.42. The van der Waals surface area contributed by atoms with Crippen LogP contribution in [0.25, 0.3) is 5.65 Å². The van der Waals surface area contributed by atoms with Crippen molar-refractivity contribution in [1.82, 2.24) is 29.9 Å². The first kappa shape index (κ1) is 22.9. The number of amidine groups is 1. The smallest absolute Gasteiger partial charge is 0.402 e. The van der Waals surface area contributed by atoms with Crippen LogP contribution in [0.1, 0.15) is 32.2 Å². The second-order valence-electron chi connectivity index (χ2n) is 8.35. The zero-order chi connectivity index (χ0) is 23.9. The van der Waals surface area contributed by atoms with Gasteiger partial charge in [0.25, 0.3) is 0 Å². The van der Waals surface area contributed by atoms with Crippen LogP contribution in [0.4, 0.5) is 13.2 Å². The van der Waals surface area contributed by atoms with Gasteiger partial charge < -0.3 is 21.8 Å². The number of nitrogens with zero attached hydrogens (tertiary/aromatic N) is 5. The van der Waals surface area contributed by atoms with E-state index in [1.54, 1.807) is 20.0 Å². The van der Waals surface area contributed by atoms with E-state index in [0.717, 1.165) is 24.5 Å². The van der Waals surface area contributed by atoms with Gasteiger partial charge in [0.1, 0.15) is 11.9 Å². The highest BCUT2D eigenvalue weighted by molar-refractivity contribution is 5.99. The summed E-state index contributed by atoms with van der Waals surface area (Å²) in [5.74, 6) is 0.408. The predicted octanol–water partition coefficient (Wildman–Crippen LogP) is 1.87. The highest BCUT2D eigenvalue weighted by Gasteiger charge is 2.34. The van der Waals surface area contributed by atoms with Crippen molar-refractivity contribution >= 4 is 17.2 Å². The number of fused-ring (bicyclic) bond motifs is 1. The molecule has 0 bridgehead atoms. The molecule has 3 atom stereocenters. The number of allylic oxidation sites excluding steroid dienone is 1. The van der Waals surface area contributed by atoms with Gasteiger partial charge in [0.15, 0.2) is 17.2 Å². The maximum atomic E-state index is 13.2. The molecule has 2 aromatic heterocycles. The van der Waals surface area contributed by atoms with Gasteiger partial charge in [-0.05, 0) is 26.8 Å². The molecule has 2 aromatic rings. The summed E-state index contributed by atoms with van der Waals surface area (Å²) < 4.78 is 40.8. The second kappa shape index (κ2) is 8.60. The largest absolute Gasteiger partial charge is 0.434 e. The van der Waals surface area contributed by atoms with Gasteiger partial charge in [-0.1, -0.05) is 0 Å². The van der Waals surface area contributed by atoms with Crippen molar-refractivity contribution in [3.8, 4) is 0 Å². The van der Waals surface area contributed by atoms with Crippen LogP contribution in [0, 0.1) is 5.41 Å². The maximum Gasteiger partial charge on any atom is 0.434 e. The summed E-state index contributed by atoms with van der Waals surface area (Å²) in [5, 5.41) is 14.9. The minimum absolute atomic E-state index is 0.120. The Hall–Kier alpha value is -3.25. The zero-order valence-corrected chi connectivity index (χ0v) is 18.5. The second-order valence-corrected chi connectivity index (χ2v) is 8.35. The highest BCUT2D eigenvalue weighted by atomic mass is 19.4. The van der Waals surface area contributed by atoms with E-state index in [9.17, 15) is 13.2 Å². The van der Waals surface area contributed by atoms with E-state index < -0.39 is 11.9 Å². The summed E-state index contributed by atoms with van der Waals surface area (Å²) in [5.41, 5.74) is 7.53. The predicted molar refractivity (Wildman–Crippen MR) is 119 cm³/mol. The van der Waals surface area contributed by atoms with Gasteiger partial charge in [-0.25, -0.2) is 15.0 Å². The molecule has 1 fully saturated rings. The molecule has 176 valence electrons. The molecule has 0 aliphatic carbocycles. The summed E-state index contributed by atoms with van der Waals surface area (Å²) in [4.78, 5) is 14.2. The topological polar surface area (TPSA) is 120 Å². The van der Waals surface area contributed by atoms with Gasteiger partial charge in [0.2, 0.25) is 0 Å². The molecule has 5 N–H and O–H groups in total. The average Bonchev–Trinajstić information content (AvgIpc) is 3.15. The van der Waals surface area contributed by atoms with E-state index in [2.05, 4.69) is 37.4 Å². The summed E-state index contributed by atoms with van der Waals surface area (Å²) >= 11 is 0. The van der Waals surface area contributed by atoms with E-state index in [0.29, 0.717) is 35.1 Å². The first-order valence-corrected chi connectivity index (χ1v) is 10.5. The Labute approximate surface area is 188 Å². The molecule has 1 saturated heterocycles. The van der Waals surface area contributed by atoms with Crippen molar-refractivity contribution in [3.05, 3.63) is 53.5 Å². The van der Waals surface area contributed by atoms with Gasteiger partial charge in [0.05, 0.1) is 12.4 Å². The molecule has 0 amide bonds. The van der Waals surface area contributed by atoms with Gasteiger partial charge in [-0.15, -0.1) is 0 Å². The Kier molecular flexibility index (Phi) is 5.97. The van der Waals surface area contributed by atoms with Crippen LogP contribution >= 0.6 is 0 Å². The van der Waals surface area contributed by atoms with E-state index in [1.165, 1.54) is 10.6 Å². The molecule has 0 spiro atoms. The minimum atomic E-state index is -4.56. The Balaban J connectivity index is 1.59. The van der Waals surface area contributed by atoms with Crippen molar-refractivity contribution < 1.29 is 13.2 Å². The van der Waals surface area contributed by atoms with Crippen molar-refractivity contribution in [2.75, 3.05) is 13.1 Å². The van der Waals surface area contributed by atoms with Crippen molar-refractivity contribution in [2.24, 2.45) is 10.7 Å². The van der Waals surface area contributed by atoms with Gasteiger partial charge >= 0.3 is 6.18 Å². The third-order valence-electron chi connectivity index (χ3n) is 5.67. The number of nitrogens with two attached hydrogens (primary N) is 1. The molecule has 0 aromatic carbocycles. The lowest BCUT2D eigenvalue weighted by Crippen LogP contribution is -2.62. The molecule has 2 aliphatic rings. The first-order chi connectivity index (χ1) is 15.5. The summed E-state index contributed by atoms with van der Waals surface area (Å²) in [6, 6.07) is 0.0103. The lowest BCUT2D eigenvalue weighted by molar-refractivity contribution is -0.141. The molecule has 9 nitrogen and oxygen atoms in total. The van der Waals surface area contributed by atoms with E-state index in [4.69, 9.17) is 11.1 Å². The van der Waals surface area contributed by atoms with Crippen LogP contribution in [0.2, 0.25) is 0 Å². The fourth-order valence-electron chi connectivity index (χ4n) is 4.33. The first-order valence-electron chi connectivity index (χ1n) is 10.5. The van der Waals surface area contributed by atoms with Crippen LogP contribution in [0.3, 0.4) is 0 Å². The van der Waals surface area contributed by atoms with Gasteiger partial charge in [-0.2, -0.15) is 13.2 Å². The van der Waals surface area contributed by atoms with Crippen molar-refractivity contribution in [1.29, 1.82) is 5.41 Å². The number of hydrogen-bond acceptors (Lipinski definition) is 8. The summed E-state index contributed by atoms with van der Waals surface area (Å²) in [6.07, 6.45) is 2.20. The molecule has 0 radical (unpaired) electrons. The SMILES string of the molecule is CC(=N)/C(=C(/C)N)C1CN(C2C=CN=C(c3cnc4cnc(C(F)(F)F)cn34)N2)CC(C)N1. The molecule has 3 unspecified atom stereocenters. The van der Waals surface area contributed by atoms with Crippen LogP contribution in [-0.4, -0.2) is 62.2 Å². The fraction of sp³-hybridized carbons (Fsp3) is 0.429. The van der Waals surface area contributed by atoms with Crippen molar-refractivity contribution in [3.63, 3.8) is 0 Å². The highest BCUT2D eigenvalue weighted by Crippen LogP contribution is 2.27. The van der Waals surface area contributed by atoms with Crippen LogP contribution in [0.15, 0.2) is 47.1 Å². The number of halogens is 3. The van der Waals surface area contributed by atoms with Gasteiger partial charge in [0, 0.05) is 54.6 Å². The maximum absolute atomic E-state index is 13.2. The number of nitrogens with one attached hydrogen (secondary N) is 3. The zero-order valence-electron chi connectivity index (χ0n) is 18.5. The molecule has 33 heavy (non-hydrogen) atoms. The Bertz CT molecular complexity index is 1160. The van der Waals surface area contributed by atoms with Crippen LogP contribution in [0.5, 0.6) is 0 Å². The third kappa shape index (κ3) is 4.62. The molecule has 12 heteroatoms. The lowest BCUT2D eigenvalue weighted by atomic mass is 9.96. The van der Waals surface area contributed by atoms with Crippen LogP contribution < -0.4 is 16.4 Å². The number of aliphatic imine (C=N–C) groups is 1. The normalized spacial score (nSPS) is 24.9. The Morgan fingerprint density at radius 1 is 1.21 bits per heavy atom. The molecular formula is C21H26F3N9. The monoisotopic (exact) mass is 461 g/mol. The van der Waals surface area contributed by atoms with E-state index in [-0.39, 0.29) is 18.2 Å². The number of alkyl halides is 3. The van der Waals surface area contributed by atoms with E-state index >= 15 is 0 Å². The third-order valence-corrected chi connectivity index (χ3v) is 5.67. The number of hydrogen-bond donors (Lipinski definition) is 4. The fourth-order valence-corrected chi connectivity index (χ4v) is 4.33. The van der Waals surface area contributed by atoms with Crippen LogP contribution in [-0.2, 0) is 6.18 Å². The number of aromatic nitrogens is 3. The Morgan fingerprint density at radius 2 is 1.97 bits per heavy atom. The molecule has 0 saturated carbocycles. The molecule has 2 aliphatic heterocycles. The standard InChI is InChI=1S/C21H26F3N9/c1-11-8-32(9-14(30-11)19(12(2)25)13(3)26)17-4-5-27-20(31-17)15-6-29-18-7-28-16(10-33(15)18)21(22,23)24/h4-7,10-11,14,17,25,30H,8-9,26H2,1-3H3,(H,27,31)/b19-13+,25-12?. The number of imidazole rings is 1. The number of rotatable bonds is 4. The summed E-state index contributed by atoms with van der Waals surface area (Å²) in [7, 11) is 0. The molecule has 4 rings (SSSR count). The Morgan fingerprint density at radius 3 is 2.64 bits per heavy atom. The van der Waals surface area contributed by atoms with Crippen molar-refractivity contribution in [2.45, 2.75) is 45.2 Å². The summed E-state index contributed by atoms with van der Waals surface area (Å²) in [6.45, 7) is 6.87. The molecular weight excluding hydrogens is 435 g/mol. The minimum Gasteiger partial charge on any atom is -0.402 e. The van der Waals surface area contributed by atoms with Gasteiger partial charge in [-0.3, -0.25) is 9.30 Å². The van der Waals surface area contributed by atoms with E-state index in [1.807, 2.05) is 6.08 Å². The average molecular weight is 461 g/mol. The molecule has 4 heterocycles. The quantitative estimate of drug-likeness (QED) is 0.516. The number of piperazine rings is 1.